The van der Waals surface area contributed by atoms with E-state index in [-0.39, 0.29) is 11.6 Å². The van der Waals surface area contributed by atoms with E-state index in [2.05, 4.69) is 39.7 Å². The Labute approximate surface area is 152 Å². The number of carbonyl (C=O) groups excluding carboxylic acids is 1. The average molecular weight is 348 g/mol. The molecule has 0 aliphatic rings. The molecule has 0 aliphatic heterocycles. The van der Waals surface area contributed by atoms with Gasteiger partial charge in [-0.15, -0.1) is 0 Å². The zero-order valence-electron chi connectivity index (χ0n) is 14.7. The molecule has 0 spiro atoms. The first-order chi connectivity index (χ1) is 12.7. The topological polar surface area (TPSA) is 76.1 Å². The van der Waals surface area contributed by atoms with E-state index in [9.17, 15) is 4.79 Å². The van der Waals surface area contributed by atoms with Gasteiger partial charge < -0.3 is 15.4 Å². The summed E-state index contributed by atoms with van der Waals surface area (Å²) in [5.74, 6) is 0.856. The first kappa shape index (κ1) is 17.4. The fraction of sp³-hybridized carbons (Fsp3) is 0.150. The number of nitrogens with one attached hydrogen (secondary N) is 2. The molecule has 1 aromatic heterocycles. The van der Waals surface area contributed by atoms with Crippen LogP contribution in [0.1, 0.15) is 21.6 Å². The van der Waals surface area contributed by atoms with Crippen LogP contribution in [0.15, 0.2) is 60.9 Å². The normalized spacial score (nSPS) is 10.2. The molecule has 26 heavy (non-hydrogen) atoms. The number of benzene rings is 2. The molecule has 6 heteroatoms. The maximum absolute atomic E-state index is 12.5. The van der Waals surface area contributed by atoms with Crippen LogP contribution in [0.2, 0.25) is 0 Å². The molecular formula is C20H20N4O2. The second-order valence-electron chi connectivity index (χ2n) is 5.79. The van der Waals surface area contributed by atoms with Gasteiger partial charge in [-0.3, -0.25) is 4.79 Å². The molecule has 0 bridgehead atoms. The number of aryl methyl sites for hydroxylation is 1. The number of aromatic nitrogens is 2. The summed E-state index contributed by atoms with van der Waals surface area (Å²) in [6.07, 6.45) is 1.37. The number of nitrogens with zero attached hydrogens (tertiary/aromatic N) is 2. The molecule has 0 saturated carbocycles. The van der Waals surface area contributed by atoms with E-state index in [1.54, 1.807) is 25.3 Å². The third-order valence-electron chi connectivity index (χ3n) is 3.81. The Morgan fingerprint density at radius 2 is 1.92 bits per heavy atom. The summed E-state index contributed by atoms with van der Waals surface area (Å²) in [6.45, 7) is 2.67. The van der Waals surface area contributed by atoms with Gasteiger partial charge >= 0.3 is 0 Å². The number of ether oxygens (including phenoxy) is 1. The minimum Gasteiger partial charge on any atom is -0.495 e. The molecule has 2 aromatic carbocycles. The van der Waals surface area contributed by atoms with Gasteiger partial charge in [0.05, 0.1) is 12.8 Å². The van der Waals surface area contributed by atoms with E-state index in [1.807, 2.05) is 24.3 Å². The van der Waals surface area contributed by atoms with Crippen LogP contribution in [-0.4, -0.2) is 23.0 Å². The van der Waals surface area contributed by atoms with Crippen molar-refractivity contribution in [3.05, 3.63) is 77.7 Å². The van der Waals surface area contributed by atoms with Gasteiger partial charge in [-0.1, -0.05) is 42.0 Å². The second kappa shape index (κ2) is 8.11. The molecule has 0 aliphatic carbocycles. The summed E-state index contributed by atoms with van der Waals surface area (Å²) >= 11 is 0. The van der Waals surface area contributed by atoms with Gasteiger partial charge in [0.1, 0.15) is 23.6 Å². The average Bonchev–Trinajstić information content (AvgIpc) is 2.67. The largest absolute Gasteiger partial charge is 0.495 e. The predicted molar refractivity (Wildman–Crippen MR) is 101 cm³/mol. The highest BCUT2D eigenvalue weighted by atomic mass is 16.5. The standard InChI is InChI=1S/C20H20N4O2/c1-14-6-5-7-15(10-14)12-21-19-11-17(22-13-23-19)20(25)24-16-8-3-4-9-18(16)26-2/h3-11,13H,12H2,1-2H3,(H,24,25)(H,21,22,23). The number of methoxy groups -OCH3 is 1. The van der Waals surface area contributed by atoms with Crippen molar-refractivity contribution >= 4 is 17.4 Å². The molecule has 0 radical (unpaired) electrons. The van der Waals surface area contributed by atoms with Crippen LogP contribution in [0.3, 0.4) is 0 Å². The zero-order valence-corrected chi connectivity index (χ0v) is 14.7. The molecule has 6 nitrogen and oxygen atoms in total. The summed E-state index contributed by atoms with van der Waals surface area (Å²) in [5.41, 5.74) is 3.21. The van der Waals surface area contributed by atoms with Crippen LogP contribution in [0.4, 0.5) is 11.5 Å². The van der Waals surface area contributed by atoms with Crippen molar-refractivity contribution in [1.29, 1.82) is 0 Å². The summed E-state index contributed by atoms with van der Waals surface area (Å²) < 4.78 is 5.24. The summed E-state index contributed by atoms with van der Waals surface area (Å²) in [6, 6.07) is 17.0. The monoisotopic (exact) mass is 348 g/mol. The van der Waals surface area contributed by atoms with Gasteiger partial charge in [0, 0.05) is 12.6 Å². The Bertz CT molecular complexity index is 912. The number of amides is 1. The minimum atomic E-state index is -0.324. The molecule has 0 atom stereocenters. The Balaban J connectivity index is 1.69. The third-order valence-corrected chi connectivity index (χ3v) is 3.81. The zero-order chi connectivity index (χ0) is 18.4. The Morgan fingerprint density at radius 1 is 1.08 bits per heavy atom. The van der Waals surface area contributed by atoms with Crippen molar-refractivity contribution in [3.8, 4) is 5.75 Å². The highest BCUT2D eigenvalue weighted by molar-refractivity contribution is 6.04. The quantitative estimate of drug-likeness (QED) is 0.711. The van der Waals surface area contributed by atoms with E-state index in [1.165, 1.54) is 11.9 Å². The van der Waals surface area contributed by atoms with Gasteiger partial charge in [-0.05, 0) is 24.6 Å². The molecule has 0 saturated heterocycles. The van der Waals surface area contributed by atoms with Gasteiger partial charge in [0.25, 0.3) is 5.91 Å². The lowest BCUT2D eigenvalue weighted by Crippen LogP contribution is -2.15. The highest BCUT2D eigenvalue weighted by Gasteiger charge is 2.11. The molecule has 1 amide bonds. The molecule has 2 N–H and O–H groups in total. The minimum absolute atomic E-state index is 0.276. The Hall–Kier alpha value is -3.41. The number of hydrogen-bond acceptors (Lipinski definition) is 5. The van der Waals surface area contributed by atoms with Crippen LogP contribution < -0.4 is 15.4 Å². The fourth-order valence-electron chi connectivity index (χ4n) is 2.53. The van der Waals surface area contributed by atoms with E-state index >= 15 is 0 Å². The molecule has 132 valence electrons. The van der Waals surface area contributed by atoms with Crippen LogP contribution >= 0.6 is 0 Å². The van der Waals surface area contributed by atoms with Crippen LogP contribution in [0.25, 0.3) is 0 Å². The Morgan fingerprint density at radius 3 is 2.73 bits per heavy atom. The van der Waals surface area contributed by atoms with Crippen LogP contribution in [0, 0.1) is 6.92 Å². The predicted octanol–water partition coefficient (Wildman–Crippen LogP) is 3.66. The van der Waals surface area contributed by atoms with E-state index in [4.69, 9.17) is 4.74 Å². The van der Waals surface area contributed by atoms with E-state index < -0.39 is 0 Å². The highest BCUT2D eigenvalue weighted by Crippen LogP contribution is 2.23. The smallest absolute Gasteiger partial charge is 0.274 e. The van der Waals surface area contributed by atoms with Crippen molar-refractivity contribution in [2.45, 2.75) is 13.5 Å². The summed E-state index contributed by atoms with van der Waals surface area (Å²) in [7, 11) is 1.56. The Kier molecular flexibility index (Phi) is 5.43. The van der Waals surface area contributed by atoms with E-state index in [0.717, 1.165) is 5.56 Å². The van der Waals surface area contributed by atoms with Crippen LogP contribution in [-0.2, 0) is 6.54 Å². The third kappa shape index (κ3) is 4.36. The first-order valence-corrected chi connectivity index (χ1v) is 8.21. The molecule has 3 aromatic rings. The van der Waals surface area contributed by atoms with E-state index in [0.29, 0.717) is 23.8 Å². The van der Waals surface area contributed by atoms with Gasteiger partial charge in [-0.25, -0.2) is 9.97 Å². The van der Waals surface area contributed by atoms with Crippen molar-refractivity contribution < 1.29 is 9.53 Å². The second-order valence-corrected chi connectivity index (χ2v) is 5.79. The lowest BCUT2D eigenvalue weighted by molar-refractivity contribution is 0.102. The lowest BCUT2D eigenvalue weighted by Gasteiger charge is -2.10. The summed E-state index contributed by atoms with van der Waals surface area (Å²) in [5, 5.41) is 6.02. The summed E-state index contributed by atoms with van der Waals surface area (Å²) in [4.78, 5) is 20.7. The van der Waals surface area contributed by atoms with Crippen molar-refractivity contribution in [2.75, 3.05) is 17.7 Å². The molecule has 0 unspecified atom stereocenters. The maximum Gasteiger partial charge on any atom is 0.274 e. The fourth-order valence-corrected chi connectivity index (χ4v) is 2.53. The van der Waals surface area contributed by atoms with Crippen molar-refractivity contribution in [1.82, 2.24) is 9.97 Å². The van der Waals surface area contributed by atoms with Crippen LogP contribution in [0.5, 0.6) is 5.75 Å². The molecule has 3 rings (SSSR count). The number of anilines is 2. The molecule has 0 fully saturated rings. The molecule has 1 heterocycles. The number of hydrogen-bond donors (Lipinski definition) is 2. The SMILES string of the molecule is COc1ccccc1NC(=O)c1cc(NCc2cccc(C)c2)ncn1. The maximum atomic E-state index is 12.5. The van der Waals surface area contributed by atoms with Crippen molar-refractivity contribution in [2.24, 2.45) is 0 Å². The lowest BCUT2D eigenvalue weighted by atomic mass is 10.1. The number of para-hydroxylation sites is 2. The van der Waals surface area contributed by atoms with Gasteiger partial charge in [0.15, 0.2) is 0 Å². The number of rotatable bonds is 6. The molecular weight excluding hydrogens is 328 g/mol. The van der Waals surface area contributed by atoms with Gasteiger partial charge in [-0.2, -0.15) is 0 Å². The first-order valence-electron chi connectivity index (χ1n) is 8.21. The number of carbonyl (C=O) groups is 1. The van der Waals surface area contributed by atoms with Gasteiger partial charge in [0.2, 0.25) is 0 Å². The van der Waals surface area contributed by atoms with Crippen molar-refractivity contribution in [3.63, 3.8) is 0 Å².